The van der Waals surface area contributed by atoms with Gasteiger partial charge in [0.05, 0.1) is 11.7 Å². The van der Waals surface area contributed by atoms with E-state index in [9.17, 15) is 0 Å². The van der Waals surface area contributed by atoms with E-state index in [1.165, 1.54) is 70.6 Å². The summed E-state index contributed by atoms with van der Waals surface area (Å²) in [5.41, 5.74) is 0.213. The Morgan fingerprint density at radius 3 is 2.61 bits per heavy atom. The van der Waals surface area contributed by atoms with Gasteiger partial charge >= 0.3 is 0 Å². The molecule has 1 heterocycles. The quantitative estimate of drug-likeness (QED) is 0.721. The molecule has 0 aromatic carbocycles. The SMILES string of the molecule is CCCCCCCC1CNCC2(CCCCC2)O1. The van der Waals surface area contributed by atoms with Gasteiger partial charge in [0.2, 0.25) is 0 Å². The molecule has 1 aliphatic carbocycles. The number of morpholine rings is 1. The Kier molecular flexibility index (Phi) is 5.97. The standard InChI is InChI=1S/C16H31NO/c1-2-3-4-5-7-10-15-13-17-14-16(18-15)11-8-6-9-12-16/h15,17H,2-14H2,1H3. The number of unbranched alkanes of at least 4 members (excludes halogenated alkanes) is 4. The van der Waals surface area contributed by atoms with Crippen molar-refractivity contribution in [3.8, 4) is 0 Å². The monoisotopic (exact) mass is 253 g/mol. The predicted molar refractivity (Wildman–Crippen MR) is 76.9 cm³/mol. The maximum Gasteiger partial charge on any atom is 0.0810 e. The molecule has 1 N–H and O–H groups in total. The van der Waals surface area contributed by atoms with Gasteiger partial charge in [0.15, 0.2) is 0 Å². The minimum Gasteiger partial charge on any atom is -0.369 e. The van der Waals surface area contributed by atoms with Crippen LogP contribution in [-0.2, 0) is 4.74 Å². The molecule has 0 radical (unpaired) electrons. The maximum atomic E-state index is 6.46. The summed E-state index contributed by atoms with van der Waals surface area (Å²) in [6.07, 6.45) is 15.3. The lowest BCUT2D eigenvalue weighted by Gasteiger charge is -2.44. The fraction of sp³-hybridized carbons (Fsp3) is 1.00. The zero-order chi connectivity index (χ0) is 12.7. The van der Waals surface area contributed by atoms with E-state index in [0.717, 1.165) is 13.1 Å². The predicted octanol–water partition coefficient (Wildman–Crippen LogP) is 4.04. The number of hydrogen-bond acceptors (Lipinski definition) is 2. The summed E-state index contributed by atoms with van der Waals surface area (Å²) < 4.78 is 6.46. The smallest absolute Gasteiger partial charge is 0.0810 e. The molecule has 0 bridgehead atoms. The second-order valence-electron chi connectivity index (χ2n) is 6.32. The highest BCUT2D eigenvalue weighted by molar-refractivity contribution is 4.91. The van der Waals surface area contributed by atoms with Gasteiger partial charge in [-0.25, -0.2) is 0 Å². The van der Waals surface area contributed by atoms with Crippen molar-refractivity contribution < 1.29 is 4.74 Å². The molecule has 2 aliphatic rings. The molecule has 1 aliphatic heterocycles. The number of hydrogen-bond donors (Lipinski definition) is 1. The van der Waals surface area contributed by atoms with Gasteiger partial charge in [-0.2, -0.15) is 0 Å². The Hall–Kier alpha value is -0.0800. The van der Waals surface area contributed by atoms with Crippen molar-refractivity contribution in [2.24, 2.45) is 0 Å². The lowest BCUT2D eigenvalue weighted by atomic mass is 9.83. The van der Waals surface area contributed by atoms with Gasteiger partial charge in [0.1, 0.15) is 0 Å². The summed E-state index contributed by atoms with van der Waals surface area (Å²) in [5, 5.41) is 3.62. The van der Waals surface area contributed by atoms with Crippen LogP contribution >= 0.6 is 0 Å². The van der Waals surface area contributed by atoms with Crippen molar-refractivity contribution in [1.29, 1.82) is 0 Å². The van der Waals surface area contributed by atoms with E-state index in [1.807, 2.05) is 0 Å². The van der Waals surface area contributed by atoms with Crippen LogP contribution in [0.15, 0.2) is 0 Å². The Labute approximate surface area is 113 Å². The third-order valence-corrected chi connectivity index (χ3v) is 4.63. The minimum atomic E-state index is 0.213. The van der Waals surface area contributed by atoms with E-state index in [1.54, 1.807) is 0 Å². The van der Waals surface area contributed by atoms with Crippen molar-refractivity contribution in [2.45, 2.75) is 89.3 Å². The van der Waals surface area contributed by atoms with Crippen molar-refractivity contribution in [2.75, 3.05) is 13.1 Å². The molecule has 1 unspecified atom stereocenters. The second kappa shape index (κ2) is 7.49. The molecule has 18 heavy (non-hydrogen) atoms. The highest BCUT2D eigenvalue weighted by Crippen LogP contribution is 2.34. The molecule has 1 saturated carbocycles. The van der Waals surface area contributed by atoms with Crippen LogP contribution in [0.4, 0.5) is 0 Å². The summed E-state index contributed by atoms with van der Waals surface area (Å²) in [6.45, 7) is 4.45. The maximum absolute atomic E-state index is 6.46. The van der Waals surface area contributed by atoms with Crippen molar-refractivity contribution >= 4 is 0 Å². The molecular formula is C16H31NO. The molecule has 0 aromatic rings. The molecule has 0 aromatic heterocycles. The second-order valence-corrected chi connectivity index (χ2v) is 6.32. The summed E-state index contributed by atoms with van der Waals surface area (Å²) >= 11 is 0. The molecule has 1 spiro atoms. The van der Waals surface area contributed by atoms with Gasteiger partial charge in [-0.15, -0.1) is 0 Å². The first-order chi connectivity index (χ1) is 8.85. The van der Waals surface area contributed by atoms with E-state index < -0.39 is 0 Å². The van der Waals surface area contributed by atoms with E-state index in [0.29, 0.717) is 6.10 Å². The van der Waals surface area contributed by atoms with Gasteiger partial charge in [0.25, 0.3) is 0 Å². The van der Waals surface area contributed by atoms with E-state index in [2.05, 4.69) is 12.2 Å². The first-order valence-corrected chi connectivity index (χ1v) is 8.23. The minimum absolute atomic E-state index is 0.213. The van der Waals surface area contributed by atoms with Gasteiger partial charge in [0, 0.05) is 13.1 Å². The first-order valence-electron chi connectivity index (χ1n) is 8.23. The topological polar surface area (TPSA) is 21.3 Å². The Bertz CT molecular complexity index is 218. The molecule has 1 atom stereocenters. The third-order valence-electron chi connectivity index (χ3n) is 4.63. The van der Waals surface area contributed by atoms with Crippen LogP contribution in [-0.4, -0.2) is 24.8 Å². The Morgan fingerprint density at radius 2 is 1.83 bits per heavy atom. The van der Waals surface area contributed by atoms with Crippen LogP contribution < -0.4 is 5.32 Å². The number of rotatable bonds is 6. The Morgan fingerprint density at radius 1 is 1.06 bits per heavy atom. The first kappa shape index (κ1) is 14.3. The molecule has 2 heteroatoms. The summed E-state index contributed by atoms with van der Waals surface area (Å²) in [4.78, 5) is 0. The number of nitrogens with one attached hydrogen (secondary N) is 1. The average Bonchev–Trinajstić information content (AvgIpc) is 2.40. The molecule has 2 nitrogen and oxygen atoms in total. The van der Waals surface area contributed by atoms with Crippen LogP contribution in [0.25, 0.3) is 0 Å². The van der Waals surface area contributed by atoms with Crippen LogP contribution in [0, 0.1) is 0 Å². The Balaban J connectivity index is 1.66. The van der Waals surface area contributed by atoms with Gasteiger partial charge in [-0.05, 0) is 19.3 Å². The summed E-state index contributed by atoms with van der Waals surface area (Å²) in [5.74, 6) is 0. The normalized spacial score (nSPS) is 27.5. The highest BCUT2D eigenvalue weighted by atomic mass is 16.5. The van der Waals surface area contributed by atoms with Crippen LogP contribution in [0.5, 0.6) is 0 Å². The van der Waals surface area contributed by atoms with Gasteiger partial charge in [-0.3, -0.25) is 0 Å². The highest BCUT2D eigenvalue weighted by Gasteiger charge is 2.37. The molecule has 106 valence electrons. The molecule has 2 rings (SSSR count). The zero-order valence-corrected chi connectivity index (χ0v) is 12.2. The molecule has 0 amide bonds. The van der Waals surface area contributed by atoms with Crippen LogP contribution in [0.2, 0.25) is 0 Å². The fourth-order valence-corrected chi connectivity index (χ4v) is 3.53. The molecular weight excluding hydrogens is 222 g/mol. The number of ether oxygens (including phenoxy) is 1. The van der Waals surface area contributed by atoms with E-state index >= 15 is 0 Å². The summed E-state index contributed by atoms with van der Waals surface area (Å²) in [7, 11) is 0. The summed E-state index contributed by atoms with van der Waals surface area (Å²) in [6, 6.07) is 0. The van der Waals surface area contributed by atoms with Gasteiger partial charge in [-0.1, -0.05) is 58.3 Å². The average molecular weight is 253 g/mol. The van der Waals surface area contributed by atoms with Crippen LogP contribution in [0.1, 0.15) is 77.6 Å². The van der Waals surface area contributed by atoms with Crippen molar-refractivity contribution in [3.05, 3.63) is 0 Å². The molecule has 1 saturated heterocycles. The van der Waals surface area contributed by atoms with Crippen molar-refractivity contribution in [1.82, 2.24) is 5.32 Å². The van der Waals surface area contributed by atoms with Crippen LogP contribution in [0.3, 0.4) is 0 Å². The zero-order valence-electron chi connectivity index (χ0n) is 12.2. The lowest BCUT2D eigenvalue weighted by Crippen LogP contribution is -2.54. The molecule has 2 fully saturated rings. The van der Waals surface area contributed by atoms with Gasteiger partial charge < -0.3 is 10.1 Å². The lowest BCUT2D eigenvalue weighted by molar-refractivity contribution is -0.135. The largest absolute Gasteiger partial charge is 0.369 e. The van der Waals surface area contributed by atoms with E-state index in [-0.39, 0.29) is 5.60 Å². The van der Waals surface area contributed by atoms with Crippen molar-refractivity contribution in [3.63, 3.8) is 0 Å². The van der Waals surface area contributed by atoms with E-state index in [4.69, 9.17) is 4.74 Å². The fourth-order valence-electron chi connectivity index (χ4n) is 3.53. The third kappa shape index (κ3) is 4.24.